The number of nitrogens with two attached hydrogens (primary N) is 1. The van der Waals surface area contributed by atoms with E-state index < -0.39 is 28.8 Å². The minimum atomic E-state index is -2.90. The largest absolute Gasteiger partial charge is 0.464 e. The lowest BCUT2D eigenvalue weighted by molar-refractivity contribution is -0.143. The fourth-order valence-corrected chi connectivity index (χ4v) is 17.3. The Balaban J connectivity index is 0.000000206. The van der Waals surface area contributed by atoms with Crippen LogP contribution in [-0.2, 0) is 23.2 Å². The van der Waals surface area contributed by atoms with Crippen molar-refractivity contribution in [1.82, 2.24) is 0 Å². The van der Waals surface area contributed by atoms with Crippen LogP contribution in [0.5, 0.6) is 0 Å². The fraction of sp³-hybridized carbons (Fsp3) is 0.269. The van der Waals surface area contributed by atoms with Crippen LogP contribution >= 0.6 is 0 Å². The van der Waals surface area contributed by atoms with E-state index >= 15 is 0 Å². The number of rotatable bonds is 12. The molecule has 1 heterocycles. The number of benzene rings is 6. The van der Waals surface area contributed by atoms with Crippen LogP contribution in [-0.4, -0.2) is 59.0 Å². The molecule has 1 fully saturated rings. The van der Waals surface area contributed by atoms with Gasteiger partial charge in [0, 0.05) is 30.8 Å². The molecule has 1 saturated heterocycles. The molecule has 4 N–H and O–H groups in total. The first kappa shape index (κ1) is 47.4. The molecule has 62 heavy (non-hydrogen) atoms. The molecule has 0 aliphatic carbocycles. The van der Waals surface area contributed by atoms with Gasteiger partial charge in [-0.25, -0.2) is 4.79 Å². The molecule has 1 amide bonds. The number of hydrogen-bond acceptors (Lipinski definition) is 7. The van der Waals surface area contributed by atoms with E-state index in [2.05, 4.69) is 95.4 Å². The molecule has 0 aromatic heterocycles. The van der Waals surface area contributed by atoms with Crippen molar-refractivity contribution in [2.45, 2.75) is 76.7 Å². The third-order valence-corrected chi connectivity index (χ3v) is 21.0. The number of aliphatic hydroxyl groups excluding tert-OH is 1. The van der Waals surface area contributed by atoms with Gasteiger partial charge in [-0.05, 0) is 55.1 Å². The number of ether oxygens (including phenoxy) is 1. The van der Waals surface area contributed by atoms with E-state index in [1.54, 1.807) is 0 Å². The fourth-order valence-electron chi connectivity index (χ4n) is 7.95. The quantitative estimate of drug-likeness (QED) is 0.0647. The Kier molecular flexibility index (Phi) is 16.8. The van der Waals surface area contributed by atoms with Crippen molar-refractivity contribution < 1.29 is 28.3 Å². The molecule has 0 bridgehead atoms. The predicted molar refractivity (Wildman–Crippen MR) is 258 cm³/mol. The zero-order valence-corrected chi connectivity index (χ0v) is 38.9. The van der Waals surface area contributed by atoms with Crippen molar-refractivity contribution in [2.75, 3.05) is 24.3 Å². The number of cyclic esters (lactones) is 1. The van der Waals surface area contributed by atoms with Crippen LogP contribution in [0.15, 0.2) is 182 Å². The molecule has 0 spiro atoms. The summed E-state index contributed by atoms with van der Waals surface area (Å²) >= 11 is 0. The molecular weight excluding hydrogens is 805 g/mol. The topological polar surface area (TPSA) is 120 Å². The lowest BCUT2D eigenvalue weighted by Crippen LogP contribution is -2.68. The van der Waals surface area contributed by atoms with Crippen LogP contribution in [0.3, 0.4) is 0 Å². The van der Waals surface area contributed by atoms with Gasteiger partial charge in [0.05, 0.1) is 6.61 Å². The molecule has 10 heteroatoms. The molecule has 0 radical (unpaired) electrons. The third kappa shape index (κ3) is 11.6. The second kappa shape index (κ2) is 21.9. The molecule has 8 nitrogen and oxygen atoms in total. The molecule has 6 aromatic carbocycles. The van der Waals surface area contributed by atoms with Gasteiger partial charge in [0.25, 0.3) is 22.5 Å². The van der Waals surface area contributed by atoms with Crippen LogP contribution in [0.2, 0.25) is 10.1 Å². The summed E-state index contributed by atoms with van der Waals surface area (Å²) in [6.45, 7) is 13.4. The monoisotopic (exact) mass is 866 g/mol. The van der Waals surface area contributed by atoms with Gasteiger partial charge in [-0.2, -0.15) is 0 Å². The zero-order valence-electron chi connectivity index (χ0n) is 36.9. The molecule has 1 aliphatic rings. The number of esters is 1. The second-order valence-corrected chi connectivity index (χ2v) is 25.8. The Hall–Kier alpha value is -5.63. The summed E-state index contributed by atoms with van der Waals surface area (Å²) in [5.41, 5.74) is 6.89. The van der Waals surface area contributed by atoms with Gasteiger partial charge in [-0.1, -0.05) is 199 Å². The van der Waals surface area contributed by atoms with Crippen LogP contribution in [0, 0.1) is 0 Å². The Labute approximate surface area is 370 Å². The van der Waals surface area contributed by atoms with Crippen molar-refractivity contribution in [3.63, 3.8) is 0 Å². The second-order valence-electron chi connectivity index (χ2n) is 17.3. The maximum absolute atomic E-state index is 13.2. The normalized spacial score (nSPS) is 14.6. The molecular formula is C52H62N2O6Si2. The van der Waals surface area contributed by atoms with E-state index in [1.165, 1.54) is 10.4 Å². The first-order valence-electron chi connectivity index (χ1n) is 21.2. The number of aliphatic hydroxyl groups is 1. The SMILES string of the molecule is CC(C)(C)[Si](O[C@@H]1CCOC1=O)(c1ccccc1)c1ccccc1.CC(C)(C)[Si](O[C@H](CCO)C(=O)Nc1ccccc1)(c1ccccc1)c1ccccc1.Nc1ccccc1. The standard InChI is InChI=1S/C26H31NO3Si.C20H24O3Si.C6H7N/c1-26(2,3)31(22-15-9-5-10-16-22,23-17-11-6-12-18-23)30-24(19-20-28)25(29)27-21-13-7-4-8-14-21;1-20(2,3)24(16-10-6-4-7-11-16,17-12-8-5-9-13-17)23-18-14-15-22-19(18)21;7-6-4-2-1-3-5-6/h4-18,24,28H,19-20H2,1-3H3,(H,27,29);4-13,18H,14-15H2,1-3H3;1-5H,7H2/t24-;18-;/m11./s1. The van der Waals surface area contributed by atoms with Crippen molar-refractivity contribution in [3.05, 3.63) is 182 Å². The van der Waals surface area contributed by atoms with Gasteiger partial charge in [0.15, 0.2) is 0 Å². The highest BCUT2D eigenvalue weighted by molar-refractivity contribution is 7.00. The number of amides is 1. The first-order chi connectivity index (χ1) is 29.7. The number of anilines is 2. The first-order valence-corrected chi connectivity index (χ1v) is 25.1. The number of nitrogens with one attached hydrogen (secondary N) is 1. The summed E-state index contributed by atoms with van der Waals surface area (Å²) in [6.07, 6.45) is -0.403. The van der Waals surface area contributed by atoms with E-state index in [0.29, 0.717) is 18.7 Å². The Morgan fingerprint density at radius 3 is 1.34 bits per heavy atom. The molecule has 324 valence electrons. The van der Waals surface area contributed by atoms with Crippen molar-refractivity contribution in [3.8, 4) is 0 Å². The molecule has 6 aromatic rings. The van der Waals surface area contributed by atoms with E-state index in [0.717, 1.165) is 16.1 Å². The Morgan fingerprint density at radius 2 is 1.02 bits per heavy atom. The lowest BCUT2D eigenvalue weighted by Gasteiger charge is -2.44. The summed E-state index contributed by atoms with van der Waals surface area (Å²) in [5.74, 6) is -0.476. The van der Waals surface area contributed by atoms with E-state index in [-0.39, 0.29) is 35.0 Å². The molecule has 1 aliphatic heterocycles. The highest BCUT2D eigenvalue weighted by atomic mass is 28.4. The summed E-state index contributed by atoms with van der Waals surface area (Å²) in [4.78, 5) is 25.4. The lowest BCUT2D eigenvalue weighted by atomic mass is 10.2. The number of para-hydroxylation sites is 2. The van der Waals surface area contributed by atoms with Crippen LogP contribution in [0.4, 0.5) is 11.4 Å². The van der Waals surface area contributed by atoms with Crippen molar-refractivity contribution in [1.29, 1.82) is 0 Å². The molecule has 0 unspecified atom stereocenters. The minimum Gasteiger partial charge on any atom is -0.464 e. The van der Waals surface area contributed by atoms with Gasteiger partial charge in [-0.15, -0.1) is 0 Å². The van der Waals surface area contributed by atoms with Gasteiger partial charge in [-0.3, -0.25) is 4.79 Å². The third-order valence-electron chi connectivity index (χ3n) is 10.9. The van der Waals surface area contributed by atoms with Gasteiger partial charge in [0.1, 0.15) is 12.2 Å². The number of carbonyl (C=O) groups is 2. The Morgan fingerprint density at radius 1 is 0.645 bits per heavy atom. The number of nitrogen functional groups attached to an aromatic ring is 1. The smallest absolute Gasteiger partial charge is 0.334 e. The zero-order chi connectivity index (χ0) is 44.6. The van der Waals surface area contributed by atoms with E-state index in [9.17, 15) is 14.7 Å². The summed E-state index contributed by atoms with van der Waals surface area (Å²) in [5, 5.41) is 16.9. The maximum atomic E-state index is 13.2. The molecule has 7 rings (SSSR count). The van der Waals surface area contributed by atoms with Gasteiger partial charge < -0.3 is 29.7 Å². The van der Waals surface area contributed by atoms with Crippen LogP contribution in [0.25, 0.3) is 0 Å². The van der Waals surface area contributed by atoms with Crippen molar-refractivity contribution >= 4 is 60.6 Å². The molecule has 2 atom stereocenters. The van der Waals surface area contributed by atoms with Crippen molar-refractivity contribution in [2.24, 2.45) is 0 Å². The predicted octanol–water partition coefficient (Wildman–Crippen LogP) is 8.10. The Bertz CT molecular complexity index is 2160. The maximum Gasteiger partial charge on any atom is 0.334 e. The number of carbonyl (C=O) groups excluding carboxylic acids is 2. The van der Waals surface area contributed by atoms with E-state index in [4.69, 9.17) is 19.3 Å². The average Bonchev–Trinajstić information content (AvgIpc) is 3.69. The highest BCUT2D eigenvalue weighted by Gasteiger charge is 2.54. The van der Waals surface area contributed by atoms with Gasteiger partial charge >= 0.3 is 5.97 Å². The van der Waals surface area contributed by atoms with E-state index in [1.807, 2.05) is 133 Å². The van der Waals surface area contributed by atoms with Crippen LogP contribution in [0.1, 0.15) is 54.4 Å². The summed E-state index contributed by atoms with van der Waals surface area (Å²) in [7, 11) is -5.56. The van der Waals surface area contributed by atoms with Gasteiger partial charge in [0.2, 0.25) is 0 Å². The number of hydrogen-bond donors (Lipinski definition) is 3. The highest BCUT2D eigenvalue weighted by Crippen LogP contribution is 2.39. The minimum absolute atomic E-state index is 0.126. The summed E-state index contributed by atoms with van der Waals surface area (Å²) in [6, 6.07) is 60.0. The summed E-state index contributed by atoms with van der Waals surface area (Å²) < 4.78 is 18.8. The average molecular weight is 867 g/mol. The van der Waals surface area contributed by atoms with Crippen LogP contribution < -0.4 is 31.8 Å². The molecule has 0 saturated carbocycles.